The topological polar surface area (TPSA) is 77.1 Å². The molecule has 0 unspecified atom stereocenters. The minimum Gasteiger partial charge on any atom is -0.497 e. The van der Waals surface area contributed by atoms with Crippen molar-refractivity contribution in [3.63, 3.8) is 0 Å². The first-order valence-corrected chi connectivity index (χ1v) is 4.47. The van der Waals surface area contributed by atoms with Gasteiger partial charge in [-0.15, -0.1) is 0 Å². The SMILES string of the molecule is COc1ccc2c(c1)N=C(N)O[C@@]2(C)O. The van der Waals surface area contributed by atoms with Gasteiger partial charge in [0.25, 0.3) is 6.02 Å². The number of hydrogen-bond acceptors (Lipinski definition) is 5. The van der Waals surface area contributed by atoms with Gasteiger partial charge >= 0.3 is 0 Å². The van der Waals surface area contributed by atoms with Crippen LogP contribution in [0.2, 0.25) is 0 Å². The van der Waals surface area contributed by atoms with Gasteiger partial charge in [-0.05, 0) is 12.1 Å². The Labute approximate surface area is 87.1 Å². The van der Waals surface area contributed by atoms with E-state index in [-0.39, 0.29) is 6.02 Å². The number of rotatable bonds is 1. The molecule has 0 spiro atoms. The Morgan fingerprint density at radius 3 is 2.93 bits per heavy atom. The molecule has 1 aromatic rings. The van der Waals surface area contributed by atoms with Crippen LogP contribution in [0, 0.1) is 0 Å². The van der Waals surface area contributed by atoms with Crippen LogP contribution < -0.4 is 10.5 Å². The standard InChI is InChI=1S/C10H12N2O3/c1-10(13)7-4-3-6(14-2)5-8(7)12-9(11)15-10/h3-5,13H,1-2H3,(H2,11,12)/t10-/m1/s1. The molecule has 2 rings (SSSR count). The lowest BCUT2D eigenvalue weighted by Gasteiger charge is -2.29. The van der Waals surface area contributed by atoms with Crippen molar-refractivity contribution in [2.24, 2.45) is 10.7 Å². The highest BCUT2D eigenvalue weighted by molar-refractivity contribution is 5.79. The van der Waals surface area contributed by atoms with E-state index in [1.165, 1.54) is 6.92 Å². The summed E-state index contributed by atoms with van der Waals surface area (Å²) in [5, 5.41) is 9.94. The average molecular weight is 208 g/mol. The van der Waals surface area contributed by atoms with Crippen molar-refractivity contribution >= 4 is 11.7 Å². The molecule has 0 radical (unpaired) electrons. The largest absolute Gasteiger partial charge is 0.497 e. The van der Waals surface area contributed by atoms with E-state index in [9.17, 15) is 5.11 Å². The third kappa shape index (κ3) is 1.61. The fourth-order valence-electron chi connectivity index (χ4n) is 1.52. The van der Waals surface area contributed by atoms with Crippen molar-refractivity contribution in [2.45, 2.75) is 12.7 Å². The molecule has 1 atom stereocenters. The van der Waals surface area contributed by atoms with Crippen molar-refractivity contribution in [2.75, 3.05) is 7.11 Å². The lowest BCUT2D eigenvalue weighted by Crippen LogP contribution is -2.35. The molecule has 1 aliphatic heterocycles. The monoisotopic (exact) mass is 208 g/mol. The first kappa shape index (κ1) is 9.79. The maximum atomic E-state index is 9.94. The maximum absolute atomic E-state index is 9.94. The van der Waals surface area contributed by atoms with Gasteiger partial charge in [-0.3, -0.25) is 0 Å². The van der Waals surface area contributed by atoms with Crippen molar-refractivity contribution in [3.05, 3.63) is 23.8 Å². The van der Waals surface area contributed by atoms with E-state index in [0.717, 1.165) is 0 Å². The molecule has 0 aromatic heterocycles. The maximum Gasteiger partial charge on any atom is 0.290 e. The first-order valence-electron chi connectivity index (χ1n) is 4.47. The number of aliphatic hydroxyl groups is 1. The zero-order chi connectivity index (χ0) is 11.1. The van der Waals surface area contributed by atoms with E-state index in [0.29, 0.717) is 17.0 Å². The van der Waals surface area contributed by atoms with Crippen molar-refractivity contribution in [3.8, 4) is 5.75 Å². The fraction of sp³-hybridized carbons (Fsp3) is 0.300. The number of hydrogen-bond donors (Lipinski definition) is 2. The summed E-state index contributed by atoms with van der Waals surface area (Å²) in [6, 6.07) is 5.07. The average Bonchev–Trinajstić information content (AvgIpc) is 2.15. The number of amidine groups is 1. The summed E-state index contributed by atoms with van der Waals surface area (Å²) in [7, 11) is 1.56. The number of ether oxygens (including phenoxy) is 2. The zero-order valence-corrected chi connectivity index (χ0v) is 8.52. The third-order valence-corrected chi connectivity index (χ3v) is 2.24. The first-order chi connectivity index (χ1) is 7.03. The summed E-state index contributed by atoms with van der Waals surface area (Å²) in [5.41, 5.74) is 6.57. The molecule has 5 nitrogen and oxygen atoms in total. The van der Waals surface area contributed by atoms with Crippen molar-refractivity contribution in [1.29, 1.82) is 0 Å². The Morgan fingerprint density at radius 1 is 1.53 bits per heavy atom. The lowest BCUT2D eigenvalue weighted by atomic mass is 10.0. The molecule has 1 heterocycles. The molecule has 0 saturated heterocycles. The number of fused-ring (bicyclic) bond motifs is 1. The minimum atomic E-state index is -1.44. The molecule has 0 bridgehead atoms. The Hall–Kier alpha value is -1.75. The van der Waals surface area contributed by atoms with Gasteiger partial charge in [0, 0.05) is 18.6 Å². The van der Waals surface area contributed by atoms with Crippen molar-refractivity contribution < 1.29 is 14.6 Å². The van der Waals surface area contributed by atoms with Crippen LogP contribution in [0.25, 0.3) is 0 Å². The minimum absolute atomic E-state index is 0.0549. The fourth-order valence-corrected chi connectivity index (χ4v) is 1.52. The smallest absolute Gasteiger partial charge is 0.290 e. The van der Waals surface area contributed by atoms with Gasteiger partial charge < -0.3 is 20.3 Å². The number of benzene rings is 1. The van der Waals surface area contributed by atoms with Gasteiger partial charge in [0.2, 0.25) is 5.79 Å². The summed E-state index contributed by atoms with van der Waals surface area (Å²) in [6.45, 7) is 1.51. The Balaban J connectivity index is 2.57. The van der Waals surface area contributed by atoms with Crippen LogP contribution in [0.5, 0.6) is 5.75 Å². The summed E-state index contributed by atoms with van der Waals surface area (Å²) < 4.78 is 10.1. The predicted molar refractivity (Wildman–Crippen MR) is 54.9 cm³/mol. The molecule has 15 heavy (non-hydrogen) atoms. The molecule has 0 fully saturated rings. The molecule has 3 N–H and O–H groups in total. The van der Waals surface area contributed by atoms with Crippen LogP contribution >= 0.6 is 0 Å². The molecule has 0 aliphatic carbocycles. The van der Waals surface area contributed by atoms with Gasteiger partial charge in [0.05, 0.1) is 12.8 Å². The van der Waals surface area contributed by atoms with Gasteiger partial charge in [0.15, 0.2) is 0 Å². The van der Waals surface area contributed by atoms with E-state index in [4.69, 9.17) is 15.2 Å². The van der Waals surface area contributed by atoms with E-state index in [1.54, 1.807) is 25.3 Å². The second kappa shape index (κ2) is 3.13. The zero-order valence-electron chi connectivity index (χ0n) is 8.52. The second-order valence-corrected chi connectivity index (χ2v) is 3.42. The number of aliphatic imine (C=N–C) groups is 1. The Morgan fingerprint density at radius 2 is 2.27 bits per heavy atom. The predicted octanol–water partition coefficient (Wildman–Crippen LogP) is 0.837. The van der Waals surface area contributed by atoms with Crippen LogP contribution in [-0.4, -0.2) is 18.2 Å². The summed E-state index contributed by atoms with van der Waals surface area (Å²) in [4.78, 5) is 3.98. The number of nitrogens with two attached hydrogens (primary N) is 1. The summed E-state index contributed by atoms with van der Waals surface area (Å²) in [6.07, 6.45) is 0. The molecule has 0 amide bonds. The van der Waals surface area contributed by atoms with Crippen LogP contribution in [0.4, 0.5) is 5.69 Å². The van der Waals surface area contributed by atoms with E-state index in [2.05, 4.69) is 4.99 Å². The summed E-state index contributed by atoms with van der Waals surface area (Å²) in [5.74, 6) is -0.782. The number of nitrogens with zero attached hydrogens (tertiary/aromatic N) is 1. The highest BCUT2D eigenvalue weighted by Crippen LogP contribution is 2.36. The molecule has 1 aliphatic rings. The Bertz CT molecular complexity index is 427. The van der Waals surface area contributed by atoms with Crippen LogP contribution in [0.1, 0.15) is 12.5 Å². The highest BCUT2D eigenvalue weighted by Gasteiger charge is 2.32. The van der Waals surface area contributed by atoms with Crippen LogP contribution in [0.15, 0.2) is 23.2 Å². The van der Waals surface area contributed by atoms with E-state index >= 15 is 0 Å². The van der Waals surface area contributed by atoms with Gasteiger partial charge in [-0.2, -0.15) is 4.99 Å². The van der Waals surface area contributed by atoms with E-state index in [1.807, 2.05) is 0 Å². The third-order valence-electron chi connectivity index (χ3n) is 2.24. The second-order valence-electron chi connectivity index (χ2n) is 3.42. The van der Waals surface area contributed by atoms with Crippen LogP contribution in [-0.2, 0) is 10.5 Å². The summed E-state index contributed by atoms with van der Waals surface area (Å²) >= 11 is 0. The molecular weight excluding hydrogens is 196 g/mol. The van der Waals surface area contributed by atoms with Crippen LogP contribution in [0.3, 0.4) is 0 Å². The molecule has 1 aromatic carbocycles. The van der Waals surface area contributed by atoms with Crippen molar-refractivity contribution in [1.82, 2.24) is 0 Å². The highest BCUT2D eigenvalue weighted by atomic mass is 16.6. The molecule has 0 saturated carbocycles. The normalized spacial score (nSPS) is 23.8. The lowest BCUT2D eigenvalue weighted by molar-refractivity contribution is -0.142. The molecule has 80 valence electrons. The van der Waals surface area contributed by atoms with E-state index < -0.39 is 5.79 Å². The quantitative estimate of drug-likeness (QED) is 0.716. The number of methoxy groups -OCH3 is 1. The van der Waals surface area contributed by atoms with Gasteiger partial charge in [0.1, 0.15) is 5.75 Å². The van der Waals surface area contributed by atoms with Gasteiger partial charge in [-0.25, -0.2) is 0 Å². The molecule has 5 heteroatoms. The van der Waals surface area contributed by atoms with Gasteiger partial charge in [-0.1, -0.05) is 0 Å². The molecular formula is C10H12N2O3. The Kier molecular flexibility index (Phi) is 2.04.